The molecule has 1 N–H and O–H groups in total. The Morgan fingerprint density at radius 1 is 1.07 bits per heavy atom. The molecule has 0 atom stereocenters. The largest absolute Gasteiger partial charge is 0.438 e. The van der Waals surface area contributed by atoms with Crippen LogP contribution in [0, 0.1) is 0 Å². The van der Waals surface area contributed by atoms with Crippen LogP contribution in [0.25, 0.3) is 6.08 Å². The van der Waals surface area contributed by atoms with E-state index in [0.29, 0.717) is 31.6 Å². The van der Waals surface area contributed by atoms with Gasteiger partial charge in [0.1, 0.15) is 5.60 Å². The molecule has 1 fully saturated rings. The lowest BCUT2D eigenvalue weighted by atomic mass is 9.82. The van der Waals surface area contributed by atoms with Crippen molar-refractivity contribution in [3.63, 3.8) is 0 Å². The third-order valence-corrected chi connectivity index (χ3v) is 5.50. The van der Waals surface area contributed by atoms with Gasteiger partial charge in [0.15, 0.2) is 0 Å². The van der Waals surface area contributed by atoms with E-state index >= 15 is 0 Å². The van der Waals surface area contributed by atoms with E-state index in [4.69, 9.17) is 4.74 Å². The Bertz CT molecular complexity index is 1010. The van der Waals surface area contributed by atoms with Crippen LogP contribution in [0.15, 0.2) is 54.6 Å². The number of para-hydroxylation sites is 1. The summed E-state index contributed by atoms with van der Waals surface area (Å²) in [5.41, 5.74) is -0.0936. The van der Waals surface area contributed by atoms with Crippen LogP contribution in [0.5, 0.6) is 0 Å². The fourth-order valence-corrected chi connectivity index (χ4v) is 3.98. The monoisotopic (exact) mass is 416 g/mol. The van der Waals surface area contributed by atoms with Gasteiger partial charge >= 0.3 is 12.3 Å². The van der Waals surface area contributed by atoms with Crippen LogP contribution in [-0.4, -0.2) is 30.0 Å². The number of hydrogen-bond donors (Lipinski definition) is 1. The standard InChI is InChI=1S/C22H19F3N2O3/c23-22(24,25)16-6-2-1-5-15(16)9-10-19(28)27-13-11-21(12-14-27)17-7-3-4-8-18(17)26-20(29)30-21/h1-10H,11-14H2,(H,26,29)/b10-9+. The number of halogens is 3. The van der Waals surface area contributed by atoms with E-state index in [2.05, 4.69) is 5.32 Å². The molecule has 0 unspecified atom stereocenters. The van der Waals surface area contributed by atoms with Gasteiger partial charge in [-0.05, 0) is 23.8 Å². The molecule has 5 nitrogen and oxygen atoms in total. The van der Waals surface area contributed by atoms with E-state index < -0.39 is 23.4 Å². The maximum Gasteiger partial charge on any atom is 0.416 e. The summed E-state index contributed by atoms with van der Waals surface area (Å²) in [6.07, 6.45) is -1.85. The van der Waals surface area contributed by atoms with Gasteiger partial charge in [-0.25, -0.2) is 4.79 Å². The molecule has 2 heterocycles. The lowest BCUT2D eigenvalue weighted by Gasteiger charge is -2.44. The molecule has 1 spiro atoms. The first-order chi connectivity index (χ1) is 14.3. The van der Waals surface area contributed by atoms with Crippen molar-refractivity contribution in [3.05, 3.63) is 71.3 Å². The molecular weight excluding hydrogens is 397 g/mol. The van der Waals surface area contributed by atoms with Gasteiger partial charge in [0, 0.05) is 37.6 Å². The zero-order valence-electron chi connectivity index (χ0n) is 15.9. The highest BCUT2D eigenvalue weighted by Crippen LogP contribution is 2.43. The third kappa shape index (κ3) is 3.77. The number of amides is 2. The smallest absolute Gasteiger partial charge is 0.416 e. The highest BCUT2D eigenvalue weighted by molar-refractivity contribution is 5.92. The number of nitrogens with one attached hydrogen (secondary N) is 1. The number of likely N-dealkylation sites (tertiary alicyclic amines) is 1. The minimum absolute atomic E-state index is 0.0620. The van der Waals surface area contributed by atoms with Gasteiger partial charge in [0.2, 0.25) is 5.91 Å². The summed E-state index contributed by atoms with van der Waals surface area (Å²) in [6.45, 7) is 0.650. The molecule has 0 saturated carbocycles. The fourth-order valence-electron chi connectivity index (χ4n) is 3.98. The second kappa shape index (κ2) is 7.51. The van der Waals surface area contributed by atoms with Crippen LogP contribution in [0.2, 0.25) is 0 Å². The summed E-state index contributed by atoms with van der Waals surface area (Å²) < 4.78 is 44.9. The Morgan fingerprint density at radius 3 is 2.47 bits per heavy atom. The zero-order valence-corrected chi connectivity index (χ0v) is 15.9. The minimum Gasteiger partial charge on any atom is -0.438 e. The van der Waals surface area contributed by atoms with Crippen LogP contribution in [0.1, 0.15) is 29.5 Å². The lowest BCUT2D eigenvalue weighted by Crippen LogP contribution is -2.49. The SMILES string of the molecule is O=C1Nc2ccccc2C2(CCN(C(=O)/C=C/c3ccccc3C(F)(F)F)CC2)O1. The maximum absolute atomic E-state index is 13.1. The van der Waals surface area contributed by atoms with Gasteiger partial charge in [-0.2, -0.15) is 13.2 Å². The first-order valence-electron chi connectivity index (χ1n) is 9.51. The molecule has 2 aromatic carbocycles. The number of alkyl halides is 3. The van der Waals surface area contributed by atoms with Crippen molar-refractivity contribution in [3.8, 4) is 0 Å². The number of carbonyl (C=O) groups excluding carboxylic acids is 2. The van der Waals surface area contributed by atoms with Crippen molar-refractivity contribution >= 4 is 23.8 Å². The quantitative estimate of drug-likeness (QED) is 0.716. The molecule has 30 heavy (non-hydrogen) atoms. The molecule has 4 rings (SSSR count). The Hall–Kier alpha value is -3.29. The molecular formula is C22H19F3N2O3. The van der Waals surface area contributed by atoms with Crippen LogP contribution in [0.3, 0.4) is 0 Å². The predicted octanol–water partition coefficient (Wildman–Crippen LogP) is 4.80. The molecule has 0 aromatic heterocycles. The van der Waals surface area contributed by atoms with Gasteiger partial charge in [-0.15, -0.1) is 0 Å². The second-order valence-corrected chi connectivity index (χ2v) is 7.30. The molecule has 0 bridgehead atoms. The molecule has 2 aromatic rings. The average Bonchev–Trinajstić information content (AvgIpc) is 2.72. The second-order valence-electron chi connectivity index (χ2n) is 7.30. The lowest BCUT2D eigenvalue weighted by molar-refractivity contribution is -0.137. The van der Waals surface area contributed by atoms with E-state index in [-0.39, 0.29) is 11.5 Å². The number of fused-ring (bicyclic) bond motifs is 2. The number of ether oxygens (including phenoxy) is 1. The van der Waals surface area contributed by atoms with Gasteiger partial charge in [-0.1, -0.05) is 36.4 Å². The van der Waals surface area contributed by atoms with Crippen LogP contribution < -0.4 is 5.32 Å². The average molecular weight is 416 g/mol. The normalized spacial score (nSPS) is 18.1. The molecule has 156 valence electrons. The fraction of sp³-hybridized carbons (Fsp3) is 0.273. The van der Waals surface area contributed by atoms with E-state index in [9.17, 15) is 22.8 Å². The van der Waals surface area contributed by atoms with Crippen LogP contribution in [0.4, 0.5) is 23.7 Å². The summed E-state index contributed by atoms with van der Waals surface area (Å²) >= 11 is 0. The Kier molecular flexibility index (Phi) is 5.01. The van der Waals surface area contributed by atoms with E-state index in [1.807, 2.05) is 18.2 Å². The van der Waals surface area contributed by atoms with Gasteiger partial charge in [0.25, 0.3) is 0 Å². The summed E-state index contributed by atoms with van der Waals surface area (Å²) in [5.74, 6) is -0.379. The summed E-state index contributed by atoms with van der Waals surface area (Å²) in [6, 6.07) is 12.5. The Labute approximate surface area is 171 Å². The first kappa shape index (κ1) is 20.0. The number of hydrogen-bond acceptors (Lipinski definition) is 3. The van der Waals surface area contributed by atoms with E-state index in [1.54, 1.807) is 11.0 Å². The zero-order chi connectivity index (χ0) is 21.4. The van der Waals surface area contributed by atoms with Gasteiger partial charge in [-0.3, -0.25) is 10.1 Å². The number of rotatable bonds is 2. The number of piperidine rings is 1. The molecule has 8 heteroatoms. The molecule has 2 aliphatic rings. The van der Waals surface area contributed by atoms with Crippen molar-refractivity contribution in [2.45, 2.75) is 24.6 Å². The van der Waals surface area contributed by atoms with Crippen molar-refractivity contribution in [2.24, 2.45) is 0 Å². The first-order valence-corrected chi connectivity index (χ1v) is 9.51. The topological polar surface area (TPSA) is 58.6 Å². The number of benzene rings is 2. The van der Waals surface area contributed by atoms with Gasteiger partial charge in [0.05, 0.1) is 11.3 Å². The molecule has 0 aliphatic carbocycles. The number of carbonyl (C=O) groups is 2. The predicted molar refractivity (Wildman–Crippen MR) is 105 cm³/mol. The van der Waals surface area contributed by atoms with Crippen molar-refractivity contribution in [2.75, 3.05) is 18.4 Å². The van der Waals surface area contributed by atoms with Crippen molar-refractivity contribution in [1.82, 2.24) is 4.90 Å². The summed E-state index contributed by atoms with van der Waals surface area (Å²) in [4.78, 5) is 26.1. The van der Waals surface area contributed by atoms with Crippen LogP contribution >= 0.6 is 0 Å². The minimum atomic E-state index is -4.49. The molecule has 1 saturated heterocycles. The Balaban J connectivity index is 1.48. The summed E-state index contributed by atoms with van der Waals surface area (Å²) in [5, 5.41) is 2.68. The van der Waals surface area contributed by atoms with Crippen molar-refractivity contribution in [1.29, 1.82) is 0 Å². The Morgan fingerprint density at radius 2 is 1.73 bits per heavy atom. The number of anilines is 1. The number of nitrogens with zero attached hydrogens (tertiary/aromatic N) is 1. The van der Waals surface area contributed by atoms with Crippen LogP contribution in [-0.2, 0) is 21.3 Å². The maximum atomic E-state index is 13.1. The highest BCUT2D eigenvalue weighted by atomic mass is 19.4. The molecule has 2 amide bonds. The molecule has 0 radical (unpaired) electrons. The third-order valence-electron chi connectivity index (χ3n) is 5.50. The van der Waals surface area contributed by atoms with E-state index in [1.165, 1.54) is 24.3 Å². The molecule has 2 aliphatic heterocycles. The van der Waals surface area contributed by atoms with Crippen molar-refractivity contribution < 1.29 is 27.5 Å². The van der Waals surface area contributed by atoms with E-state index in [0.717, 1.165) is 17.7 Å². The van der Waals surface area contributed by atoms with Gasteiger partial charge < -0.3 is 9.64 Å². The highest BCUT2D eigenvalue weighted by Gasteiger charge is 2.44. The summed E-state index contributed by atoms with van der Waals surface area (Å²) in [7, 11) is 0.